The van der Waals surface area contributed by atoms with Gasteiger partial charge in [-0.25, -0.2) is 22.0 Å². The first-order valence-corrected chi connectivity index (χ1v) is 14.9. The number of sulfonamides is 1. The summed E-state index contributed by atoms with van der Waals surface area (Å²) in [5, 5.41) is 14.8. The second-order valence-corrected chi connectivity index (χ2v) is 11.9. The molecule has 10 nitrogen and oxygen atoms in total. The highest BCUT2D eigenvalue weighted by Crippen LogP contribution is 2.30. The van der Waals surface area contributed by atoms with Gasteiger partial charge in [-0.05, 0) is 35.4 Å². The molecule has 0 unspecified atom stereocenters. The second-order valence-electron chi connectivity index (χ2n) is 9.94. The zero-order valence-corrected chi connectivity index (χ0v) is 24.6. The number of hydrogen-bond acceptors (Lipinski definition) is 7. The minimum absolute atomic E-state index is 0.159. The number of nitrogens with two attached hydrogens (primary N) is 1. The maximum atomic E-state index is 15.1. The van der Waals surface area contributed by atoms with E-state index in [1.54, 1.807) is 60.7 Å². The maximum absolute atomic E-state index is 15.1. The van der Waals surface area contributed by atoms with Crippen molar-refractivity contribution in [2.24, 2.45) is 0 Å². The molecule has 2 atom stereocenters. The molecule has 2 amide bonds. The third-order valence-corrected chi connectivity index (χ3v) is 8.92. The van der Waals surface area contributed by atoms with Gasteiger partial charge < -0.3 is 26.2 Å². The monoisotopic (exact) mass is 618 g/mol. The van der Waals surface area contributed by atoms with Gasteiger partial charge in [-0.3, -0.25) is 4.79 Å². The molecule has 0 saturated heterocycles. The lowest BCUT2D eigenvalue weighted by atomic mass is 9.84. The molecule has 0 bridgehead atoms. The van der Waals surface area contributed by atoms with E-state index in [9.17, 15) is 23.1 Å². The van der Waals surface area contributed by atoms with Crippen molar-refractivity contribution in [1.82, 2.24) is 14.9 Å². The number of nitrogens with one attached hydrogen (secondary N) is 2. The number of carbonyl (C=O) groups is 2. The van der Waals surface area contributed by atoms with E-state index in [4.69, 9.17) is 10.5 Å². The summed E-state index contributed by atoms with van der Waals surface area (Å²) < 4.78 is 61.5. The van der Waals surface area contributed by atoms with Gasteiger partial charge in [-0.15, -0.1) is 0 Å². The van der Waals surface area contributed by atoms with Crippen LogP contribution >= 0.6 is 0 Å². The van der Waals surface area contributed by atoms with Crippen LogP contribution in [0.25, 0.3) is 0 Å². The molecule has 0 radical (unpaired) electrons. The molecule has 0 aliphatic heterocycles. The molecule has 43 heavy (non-hydrogen) atoms. The minimum Gasteiger partial charge on any atom is -0.453 e. The van der Waals surface area contributed by atoms with Gasteiger partial charge in [0.2, 0.25) is 15.9 Å². The highest BCUT2D eigenvalue weighted by Gasteiger charge is 2.38. The molecule has 232 valence electrons. The summed E-state index contributed by atoms with van der Waals surface area (Å²) in [6.07, 6.45) is -2.72. The third kappa shape index (κ3) is 8.96. The Kier molecular flexibility index (Phi) is 11.6. The molecule has 3 rings (SSSR count). The Morgan fingerprint density at radius 2 is 1.51 bits per heavy atom. The molecular formula is C30H36F2N4O6S. The van der Waals surface area contributed by atoms with Crippen LogP contribution in [0.5, 0.6) is 0 Å². The largest absolute Gasteiger partial charge is 0.453 e. The zero-order chi connectivity index (χ0) is 31.6. The van der Waals surface area contributed by atoms with E-state index in [1.165, 1.54) is 24.3 Å². The fraction of sp³-hybridized carbons (Fsp3) is 0.333. The van der Waals surface area contributed by atoms with E-state index in [0.717, 1.165) is 14.2 Å². The summed E-state index contributed by atoms with van der Waals surface area (Å²) in [6.45, 7) is -1.35. The van der Waals surface area contributed by atoms with Gasteiger partial charge in [0, 0.05) is 38.0 Å². The number of amides is 2. The molecular weight excluding hydrogens is 582 g/mol. The van der Waals surface area contributed by atoms with E-state index >= 15 is 8.78 Å². The van der Waals surface area contributed by atoms with Crippen LogP contribution in [-0.2, 0) is 19.6 Å². The molecule has 5 N–H and O–H groups in total. The average molecular weight is 619 g/mol. The molecule has 0 spiro atoms. The van der Waals surface area contributed by atoms with E-state index in [1.807, 2.05) is 0 Å². The molecule has 0 heterocycles. The van der Waals surface area contributed by atoms with Gasteiger partial charge in [0.1, 0.15) is 6.04 Å². The number of nitrogens with zero attached hydrogens (tertiary/aromatic N) is 1. The lowest BCUT2D eigenvalue weighted by Crippen LogP contribution is -2.51. The predicted octanol–water partition coefficient (Wildman–Crippen LogP) is 3.34. The van der Waals surface area contributed by atoms with Crippen molar-refractivity contribution < 1.29 is 36.6 Å². The van der Waals surface area contributed by atoms with Crippen LogP contribution in [0.4, 0.5) is 19.3 Å². The Morgan fingerprint density at radius 3 is 2.00 bits per heavy atom. The normalized spacial score (nSPS) is 13.4. The second kappa shape index (κ2) is 14.9. The Balaban J connectivity index is 1.74. The van der Waals surface area contributed by atoms with Gasteiger partial charge in [0.05, 0.1) is 24.7 Å². The summed E-state index contributed by atoms with van der Waals surface area (Å²) in [4.78, 5) is 25.5. The van der Waals surface area contributed by atoms with E-state index in [-0.39, 0.29) is 4.90 Å². The highest BCUT2D eigenvalue weighted by molar-refractivity contribution is 7.89. The number of halogens is 2. The number of nitrogen functional groups attached to an aromatic ring is 1. The first-order valence-electron chi connectivity index (χ1n) is 13.4. The Morgan fingerprint density at radius 1 is 0.977 bits per heavy atom. The summed E-state index contributed by atoms with van der Waals surface area (Å²) in [7, 11) is -1.94. The summed E-state index contributed by atoms with van der Waals surface area (Å²) in [5.41, 5.74) is 7.34. The lowest BCUT2D eigenvalue weighted by Gasteiger charge is -2.30. The first-order chi connectivity index (χ1) is 20.4. The smallest absolute Gasteiger partial charge is 0.407 e. The molecule has 0 fully saturated rings. The topological polar surface area (TPSA) is 151 Å². The number of anilines is 1. The van der Waals surface area contributed by atoms with E-state index < -0.39 is 71.9 Å². The summed E-state index contributed by atoms with van der Waals surface area (Å²) in [6, 6.07) is 20.4. The number of alkyl halides is 2. The number of rotatable bonds is 14. The fourth-order valence-corrected chi connectivity index (χ4v) is 5.97. The minimum atomic E-state index is -4.20. The number of likely N-dealkylation sites (N-methyl/N-ethyl adjacent to an activating group) is 1. The third-order valence-electron chi connectivity index (χ3n) is 7.00. The number of ether oxygens (including phenoxy) is 1. The summed E-state index contributed by atoms with van der Waals surface area (Å²) >= 11 is 0. The van der Waals surface area contributed by atoms with Crippen molar-refractivity contribution in [3.63, 3.8) is 0 Å². The Labute approximate surface area is 249 Å². The number of carbonyl (C=O) groups excluding carboxylic acids is 2. The van der Waals surface area contributed by atoms with Crippen LogP contribution in [0.15, 0.2) is 89.8 Å². The molecule has 3 aromatic rings. The molecule has 0 saturated carbocycles. The Hall–Kier alpha value is -4.07. The number of alkyl carbamates (subject to hydrolysis) is 1. The predicted molar refractivity (Wildman–Crippen MR) is 158 cm³/mol. The summed E-state index contributed by atoms with van der Waals surface area (Å²) in [5.74, 6) is -4.86. The number of benzene rings is 3. The van der Waals surface area contributed by atoms with E-state index in [0.29, 0.717) is 21.1 Å². The van der Waals surface area contributed by atoms with Crippen molar-refractivity contribution in [3.8, 4) is 0 Å². The fourth-order valence-electron chi connectivity index (χ4n) is 4.62. The van der Waals surface area contributed by atoms with E-state index in [2.05, 4.69) is 10.6 Å². The van der Waals surface area contributed by atoms with Gasteiger partial charge in [0.25, 0.3) is 5.92 Å². The van der Waals surface area contributed by atoms with Crippen LogP contribution < -0.4 is 16.4 Å². The average Bonchev–Trinajstić information content (AvgIpc) is 3.00. The lowest BCUT2D eigenvalue weighted by molar-refractivity contribution is -0.123. The molecule has 0 aromatic heterocycles. The van der Waals surface area contributed by atoms with Gasteiger partial charge >= 0.3 is 6.09 Å². The van der Waals surface area contributed by atoms with Crippen molar-refractivity contribution in [1.29, 1.82) is 0 Å². The number of methoxy groups -OCH3 is 1. The number of aliphatic hydroxyl groups is 1. The SMILES string of the molecule is COC(=O)N[C@H](C(=O)NCCC(F)(F)C[C@@H](CO)N(C)S(=O)(=O)c1ccc(N)cc1)C(c1ccccc1)c1ccccc1. The first kappa shape index (κ1) is 33.4. The number of aliphatic hydroxyl groups excluding tert-OH is 1. The van der Waals surface area contributed by atoms with Crippen LogP contribution in [-0.4, -0.2) is 75.1 Å². The van der Waals surface area contributed by atoms with Crippen molar-refractivity contribution in [2.75, 3.05) is 33.0 Å². The van der Waals surface area contributed by atoms with Crippen LogP contribution in [0.3, 0.4) is 0 Å². The standard InChI is InChI=1S/C30H36F2N4O6S/c1-36(43(40,41)25-15-13-23(33)14-16-25)24(20-37)19-30(31,32)17-18-34-28(38)27(35-29(39)42-2)26(21-9-5-3-6-10-21)22-11-7-4-8-12-22/h3-16,24,26-27,37H,17-20,33H2,1-2H3,(H,34,38)(H,35,39)/t24-,27-/m0/s1. The van der Waals surface area contributed by atoms with Crippen molar-refractivity contribution in [2.45, 2.75) is 41.7 Å². The van der Waals surface area contributed by atoms with Crippen molar-refractivity contribution in [3.05, 3.63) is 96.1 Å². The molecule has 3 aromatic carbocycles. The van der Waals surface area contributed by atoms with Gasteiger partial charge in [0.15, 0.2) is 0 Å². The van der Waals surface area contributed by atoms with Crippen LogP contribution in [0.2, 0.25) is 0 Å². The quantitative estimate of drug-likeness (QED) is 0.202. The van der Waals surface area contributed by atoms with Crippen LogP contribution in [0.1, 0.15) is 29.9 Å². The molecule has 0 aliphatic rings. The van der Waals surface area contributed by atoms with Gasteiger partial charge in [-0.2, -0.15) is 4.31 Å². The van der Waals surface area contributed by atoms with Crippen LogP contribution in [0, 0.1) is 0 Å². The molecule has 0 aliphatic carbocycles. The van der Waals surface area contributed by atoms with Crippen molar-refractivity contribution >= 4 is 27.7 Å². The zero-order valence-electron chi connectivity index (χ0n) is 23.8. The highest BCUT2D eigenvalue weighted by atomic mass is 32.2. The number of hydrogen-bond donors (Lipinski definition) is 4. The molecule has 13 heteroatoms. The Bertz CT molecular complexity index is 1400. The van der Waals surface area contributed by atoms with Gasteiger partial charge in [-0.1, -0.05) is 60.7 Å². The maximum Gasteiger partial charge on any atom is 0.407 e.